The van der Waals surface area contributed by atoms with Crippen molar-refractivity contribution in [2.75, 3.05) is 19.6 Å². The van der Waals surface area contributed by atoms with E-state index in [0.717, 1.165) is 44.5 Å². The molecule has 0 aromatic heterocycles. The lowest BCUT2D eigenvalue weighted by Crippen LogP contribution is -2.43. The molecule has 1 heterocycles. The molecule has 1 unspecified atom stereocenters. The summed E-state index contributed by atoms with van der Waals surface area (Å²) in [6.07, 6.45) is 3.11. The number of piperidine rings is 1. The van der Waals surface area contributed by atoms with Crippen molar-refractivity contribution < 1.29 is 4.79 Å². The maximum Gasteiger partial charge on any atom is 0.227 e. The molecule has 2 rings (SSSR count). The van der Waals surface area contributed by atoms with Gasteiger partial charge >= 0.3 is 0 Å². The van der Waals surface area contributed by atoms with Gasteiger partial charge in [0, 0.05) is 6.54 Å². The molecule has 1 atom stereocenters. The van der Waals surface area contributed by atoms with Crippen LogP contribution in [0.1, 0.15) is 44.6 Å². The molecule has 1 amide bonds. The lowest BCUT2D eigenvalue weighted by atomic mass is 9.81. The summed E-state index contributed by atoms with van der Waals surface area (Å²) >= 11 is 0. The monoisotopic (exact) mass is 274 g/mol. The second kappa shape index (κ2) is 6.89. The maximum absolute atomic E-state index is 12.4. The van der Waals surface area contributed by atoms with Gasteiger partial charge in [-0.15, -0.1) is 0 Å². The quantitative estimate of drug-likeness (QED) is 0.867. The first kappa shape index (κ1) is 15.0. The molecular weight excluding hydrogens is 248 g/mol. The number of amides is 1. The zero-order valence-electron chi connectivity index (χ0n) is 12.6. The van der Waals surface area contributed by atoms with Gasteiger partial charge in [0.15, 0.2) is 0 Å². The molecule has 0 radical (unpaired) electrons. The first-order chi connectivity index (χ1) is 9.64. The Balaban J connectivity index is 1.93. The van der Waals surface area contributed by atoms with Crippen LogP contribution in [0.5, 0.6) is 0 Å². The minimum Gasteiger partial charge on any atom is -0.355 e. The Morgan fingerprint density at radius 2 is 1.95 bits per heavy atom. The van der Waals surface area contributed by atoms with Crippen molar-refractivity contribution in [1.29, 1.82) is 0 Å². The fourth-order valence-corrected chi connectivity index (χ4v) is 2.89. The summed E-state index contributed by atoms with van der Waals surface area (Å²) in [5.74, 6) is 0.139. The highest BCUT2D eigenvalue weighted by molar-refractivity contribution is 5.83. The largest absolute Gasteiger partial charge is 0.355 e. The smallest absolute Gasteiger partial charge is 0.227 e. The normalized spacial score (nSPS) is 19.3. The molecule has 0 bridgehead atoms. The van der Waals surface area contributed by atoms with Crippen molar-refractivity contribution in [1.82, 2.24) is 10.6 Å². The topological polar surface area (TPSA) is 41.1 Å². The van der Waals surface area contributed by atoms with E-state index in [4.69, 9.17) is 0 Å². The van der Waals surface area contributed by atoms with Gasteiger partial charge in [-0.1, -0.05) is 44.2 Å². The van der Waals surface area contributed by atoms with Gasteiger partial charge in [-0.25, -0.2) is 0 Å². The number of rotatable bonds is 5. The van der Waals surface area contributed by atoms with E-state index < -0.39 is 0 Å². The van der Waals surface area contributed by atoms with Gasteiger partial charge in [-0.2, -0.15) is 0 Å². The van der Waals surface area contributed by atoms with Crippen LogP contribution in [0, 0.1) is 5.41 Å². The van der Waals surface area contributed by atoms with Crippen LogP contribution in [0.4, 0.5) is 0 Å². The number of nitrogens with one attached hydrogen (secondary N) is 2. The third-order valence-corrected chi connectivity index (χ3v) is 4.43. The van der Waals surface area contributed by atoms with Gasteiger partial charge < -0.3 is 10.6 Å². The van der Waals surface area contributed by atoms with E-state index in [-0.39, 0.29) is 17.2 Å². The predicted octanol–water partition coefficient (Wildman–Crippen LogP) is 2.69. The average Bonchev–Trinajstić information content (AvgIpc) is 2.48. The molecular formula is C17H26N2O. The molecule has 0 saturated carbocycles. The van der Waals surface area contributed by atoms with Crippen molar-refractivity contribution in [3.8, 4) is 0 Å². The number of hydrogen-bond acceptors (Lipinski definition) is 2. The van der Waals surface area contributed by atoms with Gasteiger partial charge in [0.25, 0.3) is 0 Å². The van der Waals surface area contributed by atoms with Crippen LogP contribution >= 0.6 is 0 Å². The highest BCUT2D eigenvalue weighted by Crippen LogP contribution is 2.27. The maximum atomic E-state index is 12.4. The number of hydrogen-bond donors (Lipinski definition) is 2. The molecule has 1 aliphatic heterocycles. The van der Waals surface area contributed by atoms with Crippen molar-refractivity contribution in [2.24, 2.45) is 5.41 Å². The predicted molar refractivity (Wildman–Crippen MR) is 82.7 cm³/mol. The molecule has 0 spiro atoms. The third-order valence-electron chi connectivity index (χ3n) is 4.43. The zero-order valence-corrected chi connectivity index (χ0v) is 12.6. The summed E-state index contributed by atoms with van der Waals surface area (Å²) in [6, 6.07) is 10.1. The molecule has 3 heteroatoms. The van der Waals surface area contributed by atoms with E-state index in [1.54, 1.807) is 0 Å². The van der Waals surface area contributed by atoms with E-state index in [9.17, 15) is 4.79 Å². The molecule has 1 aromatic rings. The van der Waals surface area contributed by atoms with Gasteiger partial charge in [0.2, 0.25) is 5.91 Å². The van der Waals surface area contributed by atoms with Crippen molar-refractivity contribution in [3.63, 3.8) is 0 Å². The Morgan fingerprint density at radius 3 is 2.55 bits per heavy atom. The minimum absolute atomic E-state index is 0.0264. The molecule has 1 fully saturated rings. The van der Waals surface area contributed by atoms with E-state index in [1.165, 1.54) is 0 Å². The van der Waals surface area contributed by atoms with Crippen LogP contribution in [0.3, 0.4) is 0 Å². The van der Waals surface area contributed by atoms with Crippen molar-refractivity contribution in [2.45, 2.75) is 39.0 Å². The van der Waals surface area contributed by atoms with Crippen molar-refractivity contribution >= 4 is 5.91 Å². The van der Waals surface area contributed by atoms with Gasteiger partial charge in [-0.05, 0) is 43.3 Å². The van der Waals surface area contributed by atoms with Crippen molar-refractivity contribution in [3.05, 3.63) is 35.9 Å². The lowest BCUT2D eigenvalue weighted by Gasteiger charge is -2.34. The molecule has 1 saturated heterocycles. The summed E-state index contributed by atoms with van der Waals surface area (Å²) in [5, 5.41) is 6.55. The van der Waals surface area contributed by atoms with E-state index in [1.807, 2.05) is 30.3 Å². The van der Waals surface area contributed by atoms with E-state index in [2.05, 4.69) is 24.5 Å². The number of carbonyl (C=O) groups excluding carboxylic acids is 1. The second-order valence-corrected chi connectivity index (χ2v) is 6.15. The molecule has 3 nitrogen and oxygen atoms in total. The van der Waals surface area contributed by atoms with E-state index >= 15 is 0 Å². The number of benzene rings is 1. The Bertz CT molecular complexity index is 424. The Kier molecular flexibility index (Phi) is 5.18. The highest BCUT2D eigenvalue weighted by Gasteiger charge is 2.28. The van der Waals surface area contributed by atoms with Crippen LogP contribution in [-0.2, 0) is 4.79 Å². The highest BCUT2D eigenvalue weighted by atomic mass is 16.1. The first-order valence-corrected chi connectivity index (χ1v) is 7.68. The Morgan fingerprint density at radius 1 is 1.30 bits per heavy atom. The SMILES string of the molecule is CCC(C(=O)NCC1(C)CCNCC1)c1ccccc1. The molecule has 2 N–H and O–H groups in total. The van der Waals surface area contributed by atoms with Crippen LogP contribution in [0.15, 0.2) is 30.3 Å². The fraction of sp³-hybridized carbons (Fsp3) is 0.588. The molecule has 1 aliphatic rings. The first-order valence-electron chi connectivity index (χ1n) is 7.68. The lowest BCUT2D eigenvalue weighted by molar-refractivity contribution is -0.123. The van der Waals surface area contributed by atoms with Crippen LogP contribution in [0.25, 0.3) is 0 Å². The Hall–Kier alpha value is -1.35. The van der Waals surface area contributed by atoms with E-state index in [0.29, 0.717) is 0 Å². The van der Waals surface area contributed by atoms with Gasteiger partial charge in [-0.3, -0.25) is 4.79 Å². The zero-order chi connectivity index (χ0) is 14.4. The van der Waals surface area contributed by atoms with Crippen LogP contribution in [-0.4, -0.2) is 25.5 Å². The summed E-state index contributed by atoms with van der Waals surface area (Å²) in [7, 11) is 0. The summed E-state index contributed by atoms with van der Waals surface area (Å²) in [5.41, 5.74) is 1.36. The summed E-state index contributed by atoms with van der Waals surface area (Å²) < 4.78 is 0. The van der Waals surface area contributed by atoms with Crippen LogP contribution in [0.2, 0.25) is 0 Å². The minimum atomic E-state index is -0.0264. The third kappa shape index (κ3) is 3.83. The summed E-state index contributed by atoms with van der Waals surface area (Å²) in [4.78, 5) is 12.4. The number of carbonyl (C=O) groups is 1. The molecule has 1 aromatic carbocycles. The van der Waals surface area contributed by atoms with Gasteiger partial charge in [0.1, 0.15) is 0 Å². The molecule has 0 aliphatic carbocycles. The fourth-order valence-electron chi connectivity index (χ4n) is 2.89. The molecule has 110 valence electrons. The van der Waals surface area contributed by atoms with Crippen LogP contribution < -0.4 is 10.6 Å². The second-order valence-electron chi connectivity index (χ2n) is 6.15. The van der Waals surface area contributed by atoms with Gasteiger partial charge in [0.05, 0.1) is 5.92 Å². The summed E-state index contributed by atoms with van der Waals surface area (Å²) in [6.45, 7) is 7.25. The molecule has 20 heavy (non-hydrogen) atoms. The Labute approximate surface area is 122 Å². The average molecular weight is 274 g/mol. The standard InChI is InChI=1S/C17H26N2O/c1-3-15(14-7-5-4-6-8-14)16(20)19-13-17(2)9-11-18-12-10-17/h4-8,15,18H,3,9-13H2,1-2H3,(H,19,20).